The van der Waals surface area contributed by atoms with E-state index in [1.54, 1.807) is 12.1 Å². The largest absolute Gasteiger partial charge is 0.524 e. The molecule has 1 rings (SSSR count). The summed E-state index contributed by atoms with van der Waals surface area (Å²) in [7, 11) is -4.53. The molecule has 6 heteroatoms. The lowest BCUT2D eigenvalue weighted by Gasteiger charge is -2.13. The van der Waals surface area contributed by atoms with E-state index in [4.69, 9.17) is 15.5 Å². The van der Waals surface area contributed by atoms with Gasteiger partial charge < -0.3 is 10.3 Å². The number of nitrogens with two attached hydrogens (primary N) is 1. The third kappa shape index (κ3) is 4.77. The summed E-state index contributed by atoms with van der Waals surface area (Å²) in [5.74, 6) is 0.175. The quantitative estimate of drug-likeness (QED) is 0.414. The van der Waals surface area contributed by atoms with Gasteiger partial charge in [0.1, 0.15) is 5.75 Å². The fourth-order valence-corrected chi connectivity index (χ4v) is 2.04. The number of benzene rings is 1. The second-order valence-electron chi connectivity index (χ2n) is 3.86. The molecule has 0 heterocycles. The van der Waals surface area contributed by atoms with Crippen molar-refractivity contribution in [1.82, 2.24) is 0 Å². The van der Waals surface area contributed by atoms with Gasteiger partial charge in [-0.1, -0.05) is 25.8 Å². The molecule has 4 N–H and O–H groups in total. The summed E-state index contributed by atoms with van der Waals surface area (Å²) in [5.41, 5.74) is 6.97. The molecule has 96 valence electrons. The number of phosphoric acid groups is 1. The van der Waals surface area contributed by atoms with Gasteiger partial charge in [-0.05, 0) is 25.0 Å². The first-order valence-electron chi connectivity index (χ1n) is 5.56. The van der Waals surface area contributed by atoms with Gasteiger partial charge in [-0.15, -0.1) is 0 Å². The van der Waals surface area contributed by atoms with Crippen LogP contribution in [0.1, 0.15) is 31.7 Å². The Balaban J connectivity index is 2.88. The van der Waals surface area contributed by atoms with Gasteiger partial charge in [0, 0.05) is 11.3 Å². The molecule has 0 fully saturated rings. The van der Waals surface area contributed by atoms with Crippen molar-refractivity contribution in [2.75, 3.05) is 5.73 Å². The molecule has 0 saturated carbocycles. The number of unbranched alkanes of at least 4 members (excludes halogenated alkanes) is 2. The number of nitrogen functional groups attached to an aromatic ring is 1. The van der Waals surface area contributed by atoms with Gasteiger partial charge in [-0.25, -0.2) is 4.57 Å². The van der Waals surface area contributed by atoms with Crippen LogP contribution in [-0.2, 0) is 11.0 Å². The maximum Gasteiger partial charge on any atom is 0.524 e. The van der Waals surface area contributed by atoms with Crippen LogP contribution in [0.15, 0.2) is 18.2 Å². The van der Waals surface area contributed by atoms with Crippen LogP contribution in [0.5, 0.6) is 5.75 Å². The van der Waals surface area contributed by atoms with Gasteiger partial charge in [-0.2, -0.15) is 0 Å². The van der Waals surface area contributed by atoms with Gasteiger partial charge in [0.2, 0.25) is 0 Å². The second kappa shape index (κ2) is 6.05. The lowest BCUT2D eigenvalue weighted by atomic mass is 10.0. The number of anilines is 1. The fourth-order valence-electron chi connectivity index (χ4n) is 1.62. The Morgan fingerprint density at radius 3 is 2.65 bits per heavy atom. The van der Waals surface area contributed by atoms with Gasteiger partial charge in [-0.3, -0.25) is 9.79 Å². The Hall–Kier alpha value is -1.03. The first-order valence-corrected chi connectivity index (χ1v) is 7.09. The van der Waals surface area contributed by atoms with Crippen LogP contribution < -0.4 is 10.3 Å². The highest BCUT2D eigenvalue weighted by Crippen LogP contribution is 2.40. The third-order valence-corrected chi connectivity index (χ3v) is 2.85. The summed E-state index contributed by atoms with van der Waals surface area (Å²) in [5, 5.41) is 0. The standard InChI is InChI=1S/C11H18NO4P/c1-2-3-4-6-9-10(12)7-5-8-11(9)16-17(13,14)15/h5,7-8H,2-4,6,12H2,1H3,(H2,13,14,15). The van der Waals surface area contributed by atoms with Gasteiger partial charge in [0.25, 0.3) is 0 Å². The Morgan fingerprint density at radius 2 is 2.06 bits per heavy atom. The monoisotopic (exact) mass is 259 g/mol. The molecule has 0 unspecified atom stereocenters. The predicted octanol–water partition coefficient (Wildman–Crippen LogP) is 2.47. The van der Waals surface area contributed by atoms with E-state index < -0.39 is 7.82 Å². The normalized spacial score (nSPS) is 11.5. The second-order valence-corrected chi connectivity index (χ2v) is 5.03. The molecule has 0 atom stereocenters. The Kier molecular flexibility index (Phi) is 5.00. The van der Waals surface area contributed by atoms with Gasteiger partial charge >= 0.3 is 7.82 Å². The molecule has 0 amide bonds. The van der Waals surface area contributed by atoms with Crippen molar-refractivity contribution in [3.63, 3.8) is 0 Å². The van der Waals surface area contributed by atoms with Crippen molar-refractivity contribution in [3.05, 3.63) is 23.8 Å². The molecule has 0 spiro atoms. The molecule has 0 radical (unpaired) electrons. The zero-order valence-corrected chi connectivity index (χ0v) is 10.7. The molecule has 5 nitrogen and oxygen atoms in total. The number of hydrogen-bond donors (Lipinski definition) is 3. The van der Waals surface area contributed by atoms with E-state index in [9.17, 15) is 4.57 Å². The third-order valence-electron chi connectivity index (χ3n) is 2.42. The van der Waals surface area contributed by atoms with Crippen LogP contribution in [0.2, 0.25) is 0 Å². The van der Waals surface area contributed by atoms with Gasteiger partial charge in [0.15, 0.2) is 0 Å². The molecule has 1 aromatic carbocycles. The zero-order chi connectivity index (χ0) is 12.9. The summed E-state index contributed by atoms with van der Waals surface area (Å²) in [6, 6.07) is 4.84. The molecule has 0 aliphatic carbocycles. The van der Waals surface area contributed by atoms with Crippen LogP contribution in [0, 0.1) is 0 Å². The number of hydrogen-bond acceptors (Lipinski definition) is 3. The topological polar surface area (TPSA) is 92.8 Å². The molecular weight excluding hydrogens is 241 g/mol. The van der Waals surface area contributed by atoms with Crippen LogP contribution in [0.4, 0.5) is 5.69 Å². The molecule has 0 bridgehead atoms. The lowest BCUT2D eigenvalue weighted by molar-refractivity contribution is 0.282. The fraction of sp³-hybridized carbons (Fsp3) is 0.455. The van der Waals surface area contributed by atoms with Gasteiger partial charge in [0.05, 0.1) is 0 Å². The molecule has 0 aliphatic rings. The van der Waals surface area contributed by atoms with E-state index in [2.05, 4.69) is 11.4 Å². The van der Waals surface area contributed by atoms with E-state index in [-0.39, 0.29) is 5.75 Å². The minimum atomic E-state index is -4.53. The molecule has 0 saturated heterocycles. The average Bonchev–Trinajstić information content (AvgIpc) is 2.20. The molecule has 0 aliphatic heterocycles. The first-order chi connectivity index (χ1) is 7.94. The zero-order valence-electron chi connectivity index (χ0n) is 9.80. The van der Waals surface area contributed by atoms with E-state index >= 15 is 0 Å². The summed E-state index contributed by atoms with van der Waals surface area (Å²) in [6.07, 6.45) is 3.70. The Morgan fingerprint density at radius 1 is 1.35 bits per heavy atom. The van der Waals surface area contributed by atoms with Crippen molar-refractivity contribution >= 4 is 13.5 Å². The maximum atomic E-state index is 10.8. The minimum absolute atomic E-state index is 0.175. The van der Waals surface area contributed by atoms with Crippen molar-refractivity contribution < 1.29 is 18.9 Å². The summed E-state index contributed by atoms with van der Waals surface area (Å²) in [6.45, 7) is 2.08. The minimum Gasteiger partial charge on any atom is -0.404 e. The van der Waals surface area contributed by atoms with E-state index in [1.807, 2.05) is 0 Å². The van der Waals surface area contributed by atoms with Crippen molar-refractivity contribution in [2.24, 2.45) is 0 Å². The van der Waals surface area contributed by atoms with Crippen LogP contribution in [-0.4, -0.2) is 9.79 Å². The first kappa shape index (κ1) is 14.0. The Labute approximate surface area is 101 Å². The average molecular weight is 259 g/mol. The predicted molar refractivity (Wildman–Crippen MR) is 66.8 cm³/mol. The molecule has 0 aromatic heterocycles. The summed E-state index contributed by atoms with van der Waals surface area (Å²) in [4.78, 5) is 17.6. The van der Waals surface area contributed by atoms with Crippen LogP contribution in [0.3, 0.4) is 0 Å². The summed E-state index contributed by atoms with van der Waals surface area (Å²) >= 11 is 0. The Bertz CT molecular complexity index is 416. The molecule has 1 aromatic rings. The van der Waals surface area contributed by atoms with E-state index in [0.29, 0.717) is 17.7 Å². The van der Waals surface area contributed by atoms with Crippen molar-refractivity contribution in [3.8, 4) is 5.75 Å². The van der Waals surface area contributed by atoms with E-state index in [1.165, 1.54) is 6.07 Å². The van der Waals surface area contributed by atoms with Crippen LogP contribution in [0.25, 0.3) is 0 Å². The number of rotatable bonds is 6. The SMILES string of the molecule is CCCCCc1c(N)cccc1OP(=O)(O)O. The molecular formula is C11H18NO4P. The van der Waals surface area contributed by atoms with Crippen molar-refractivity contribution in [2.45, 2.75) is 32.6 Å². The van der Waals surface area contributed by atoms with Crippen molar-refractivity contribution in [1.29, 1.82) is 0 Å². The highest BCUT2D eigenvalue weighted by molar-refractivity contribution is 7.46. The lowest BCUT2D eigenvalue weighted by Crippen LogP contribution is -2.00. The smallest absolute Gasteiger partial charge is 0.404 e. The van der Waals surface area contributed by atoms with E-state index in [0.717, 1.165) is 19.3 Å². The number of phosphoric ester groups is 1. The highest BCUT2D eigenvalue weighted by atomic mass is 31.2. The maximum absolute atomic E-state index is 10.8. The molecule has 17 heavy (non-hydrogen) atoms. The highest BCUT2D eigenvalue weighted by Gasteiger charge is 2.19. The van der Waals surface area contributed by atoms with Crippen LogP contribution >= 0.6 is 7.82 Å². The summed E-state index contributed by atoms with van der Waals surface area (Å²) < 4.78 is 15.5.